The molecule has 7 nitrogen and oxygen atoms in total. The zero-order valence-corrected chi connectivity index (χ0v) is 15.3. The molecule has 1 fully saturated rings. The maximum Gasteiger partial charge on any atom is 0.255 e. The predicted octanol–water partition coefficient (Wildman–Crippen LogP) is 1.83. The zero-order chi connectivity index (χ0) is 18.6. The zero-order valence-electron chi connectivity index (χ0n) is 15.3. The summed E-state index contributed by atoms with van der Waals surface area (Å²) in [5, 5.41) is 0. The van der Waals surface area contributed by atoms with E-state index >= 15 is 0 Å². The van der Waals surface area contributed by atoms with Crippen molar-refractivity contribution in [1.29, 1.82) is 0 Å². The first-order chi connectivity index (χ1) is 13.2. The Labute approximate surface area is 158 Å². The molecular formula is C20H23N3O4. The van der Waals surface area contributed by atoms with Gasteiger partial charge in [0, 0.05) is 26.3 Å². The van der Waals surface area contributed by atoms with Crippen molar-refractivity contribution in [2.75, 3.05) is 51.4 Å². The van der Waals surface area contributed by atoms with Crippen LogP contribution in [0, 0.1) is 0 Å². The molecule has 1 aromatic heterocycles. The lowest BCUT2D eigenvalue weighted by atomic mass is 10.2. The fourth-order valence-corrected chi connectivity index (χ4v) is 3.25. The van der Waals surface area contributed by atoms with Gasteiger partial charge in [-0.1, -0.05) is 12.1 Å². The summed E-state index contributed by atoms with van der Waals surface area (Å²) in [7, 11) is 1.77. The molecule has 27 heavy (non-hydrogen) atoms. The van der Waals surface area contributed by atoms with Crippen LogP contribution in [0.25, 0.3) is 0 Å². The number of carbonyl (C=O) groups is 1. The Kier molecular flexibility index (Phi) is 5.11. The Balaban J connectivity index is 1.36. The molecule has 0 N–H and O–H groups in total. The highest BCUT2D eigenvalue weighted by Crippen LogP contribution is 2.31. The molecule has 1 amide bonds. The van der Waals surface area contributed by atoms with Crippen molar-refractivity contribution in [3.05, 3.63) is 48.2 Å². The van der Waals surface area contributed by atoms with Gasteiger partial charge in [0.1, 0.15) is 12.4 Å². The first-order valence-electron chi connectivity index (χ1n) is 9.13. The second kappa shape index (κ2) is 7.84. The van der Waals surface area contributed by atoms with Crippen LogP contribution >= 0.6 is 0 Å². The molecule has 0 radical (unpaired) electrons. The maximum atomic E-state index is 12.7. The second-order valence-corrected chi connectivity index (χ2v) is 6.69. The lowest BCUT2D eigenvalue weighted by Gasteiger charge is -2.30. The molecule has 0 aliphatic carbocycles. The number of aromatic nitrogens is 1. The molecular weight excluding hydrogens is 346 g/mol. The molecule has 1 atom stereocenters. The van der Waals surface area contributed by atoms with E-state index in [2.05, 4.69) is 9.88 Å². The number of anilines is 1. The number of nitrogens with zero attached hydrogens (tertiary/aromatic N) is 3. The van der Waals surface area contributed by atoms with Crippen molar-refractivity contribution in [2.24, 2.45) is 0 Å². The van der Waals surface area contributed by atoms with E-state index in [-0.39, 0.29) is 12.0 Å². The van der Waals surface area contributed by atoms with E-state index in [1.807, 2.05) is 36.4 Å². The van der Waals surface area contributed by atoms with E-state index in [9.17, 15) is 4.79 Å². The highest BCUT2D eigenvalue weighted by Gasteiger charge is 2.24. The normalized spacial score (nSPS) is 18.9. The average molecular weight is 369 g/mol. The Morgan fingerprint density at radius 2 is 1.96 bits per heavy atom. The summed E-state index contributed by atoms with van der Waals surface area (Å²) in [5.41, 5.74) is 0.562. The molecule has 2 aliphatic heterocycles. The van der Waals surface area contributed by atoms with Gasteiger partial charge in [-0.25, -0.2) is 4.98 Å². The number of likely N-dealkylation sites (N-methyl/N-ethyl adjacent to an activating group) is 1. The fourth-order valence-electron chi connectivity index (χ4n) is 3.25. The van der Waals surface area contributed by atoms with Crippen LogP contribution in [0.3, 0.4) is 0 Å². The van der Waals surface area contributed by atoms with Gasteiger partial charge in [0.2, 0.25) is 0 Å². The minimum absolute atomic E-state index is 0.0847. The van der Waals surface area contributed by atoms with E-state index in [4.69, 9.17) is 14.2 Å². The van der Waals surface area contributed by atoms with E-state index < -0.39 is 0 Å². The number of morpholine rings is 1. The molecule has 0 spiro atoms. The van der Waals surface area contributed by atoms with Crippen LogP contribution in [0.5, 0.6) is 11.5 Å². The van der Waals surface area contributed by atoms with Crippen molar-refractivity contribution in [3.63, 3.8) is 0 Å². The molecule has 2 aliphatic rings. The SMILES string of the molecule is CN(C[C@H]1COc2ccccc2O1)C(=O)c1ccc(N2CCOCC2)nc1. The monoisotopic (exact) mass is 369 g/mol. The Morgan fingerprint density at radius 3 is 2.70 bits per heavy atom. The standard InChI is InChI=1S/C20H23N3O4/c1-22(13-16-14-26-17-4-2-3-5-18(17)27-16)20(24)15-6-7-19(21-12-15)23-8-10-25-11-9-23/h2-7,12,16H,8-11,13-14H2,1H3/t16-/m0/s1. The highest BCUT2D eigenvalue weighted by molar-refractivity contribution is 5.94. The predicted molar refractivity (Wildman–Crippen MR) is 101 cm³/mol. The van der Waals surface area contributed by atoms with Crippen LogP contribution in [0.15, 0.2) is 42.6 Å². The van der Waals surface area contributed by atoms with E-state index in [0.717, 1.165) is 24.7 Å². The number of benzene rings is 1. The van der Waals surface area contributed by atoms with Crippen LogP contribution in [-0.4, -0.2) is 68.4 Å². The number of ether oxygens (including phenoxy) is 3. The third kappa shape index (κ3) is 3.98. The van der Waals surface area contributed by atoms with Crippen LogP contribution in [0.1, 0.15) is 10.4 Å². The number of carbonyl (C=O) groups excluding carboxylic acids is 1. The molecule has 142 valence electrons. The summed E-state index contributed by atoms with van der Waals surface area (Å²) in [5.74, 6) is 2.24. The van der Waals surface area contributed by atoms with Gasteiger partial charge in [-0.15, -0.1) is 0 Å². The van der Waals surface area contributed by atoms with Gasteiger partial charge in [0.15, 0.2) is 17.6 Å². The Bertz CT molecular complexity index is 790. The van der Waals surface area contributed by atoms with E-state index in [1.165, 1.54) is 0 Å². The summed E-state index contributed by atoms with van der Waals surface area (Å²) in [6.07, 6.45) is 1.44. The van der Waals surface area contributed by atoms with Gasteiger partial charge >= 0.3 is 0 Å². The smallest absolute Gasteiger partial charge is 0.255 e. The van der Waals surface area contributed by atoms with Crippen molar-refractivity contribution < 1.29 is 19.0 Å². The van der Waals surface area contributed by atoms with Gasteiger partial charge in [-0.3, -0.25) is 4.79 Å². The number of fused-ring (bicyclic) bond motifs is 1. The Morgan fingerprint density at radius 1 is 1.19 bits per heavy atom. The van der Waals surface area contributed by atoms with Gasteiger partial charge in [0.25, 0.3) is 5.91 Å². The molecule has 0 saturated carbocycles. The Hall–Kier alpha value is -2.80. The first-order valence-corrected chi connectivity index (χ1v) is 9.13. The summed E-state index contributed by atoms with van der Waals surface area (Å²) in [6.45, 7) is 3.91. The molecule has 2 aromatic rings. The molecule has 1 aromatic carbocycles. The van der Waals surface area contributed by atoms with Gasteiger partial charge in [0.05, 0.1) is 25.3 Å². The van der Waals surface area contributed by atoms with Crippen LogP contribution in [0.2, 0.25) is 0 Å². The number of rotatable bonds is 4. The van der Waals surface area contributed by atoms with Crippen LogP contribution in [0.4, 0.5) is 5.82 Å². The average Bonchev–Trinajstić information content (AvgIpc) is 2.74. The second-order valence-electron chi connectivity index (χ2n) is 6.69. The molecule has 0 bridgehead atoms. The van der Waals surface area contributed by atoms with Crippen molar-refractivity contribution in [1.82, 2.24) is 9.88 Å². The number of pyridine rings is 1. The van der Waals surface area contributed by atoms with Gasteiger partial charge in [-0.05, 0) is 24.3 Å². The van der Waals surface area contributed by atoms with E-state index in [1.54, 1.807) is 18.1 Å². The number of para-hydroxylation sites is 2. The first kappa shape index (κ1) is 17.6. The number of amides is 1. The van der Waals surface area contributed by atoms with Crippen LogP contribution in [-0.2, 0) is 4.74 Å². The molecule has 1 saturated heterocycles. The minimum atomic E-state index is -0.200. The summed E-state index contributed by atoms with van der Waals surface area (Å²) >= 11 is 0. The lowest BCUT2D eigenvalue weighted by Crippen LogP contribution is -2.41. The fraction of sp³-hybridized carbons (Fsp3) is 0.400. The molecule has 0 unspecified atom stereocenters. The largest absolute Gasteiger partial charge is 0.486 e. The molecule has 3 heterocycles. The summed E-state index contributed by atoms with van der Waals surface area (Å²) < 4.78 is 17.0. The number of hydrogen-bond donors (Lipinski definition) is 0. The van der Waals surface area contributed by atoms with Crippen molar-refractivity contribution >= 4 is 11.7 Å². The highest BCUT2D eigenvalue weighted by atomic mass is 16.6. The van der Waals surface area contributed by atoms with E-state index in [0.29, 0.717) is 37.7 Å². The van der Waals surface area contributed by atoms with Gasteiger partial charge < -0.3 is 24.0 Å². The third-order valence-corrected chi connectivity index (χ3v) is 4.72. The minimum Gasteiger partial charge on any atom is -0.486 e. The third-order valence-electron chi connectivity index (χ3n) is 4.72. The lowest BCUT2D eigenvalue weighted by molar-refractivity contribution is 0.0520. The van der Waals surface area contributed by atoms with Crippen molar-refractivity contribution in [3.8, 4) is 11.5 Å². The van der Waals surface area contributed by atoms with Crippen molar-refractivity contribution in [2.45, 2.75) is 6.10 Å². The number of hydrogen-bond acceptors (Lipinski definition) is 6. The quantitative estimate of drug-likeness (QED) is 0.819. The van der Waals surface area contributed by atoms with Crippen LogP contribution < -0.4 is 14.4 Å². The summed E-state index contributed by atoms with van der Waals surface area (Å²) in [4.78, 5) is 21.0. The van der Waals surface area contributed by atoms with Gasteiger partial charge in [-0.2, -0.15) is 0 Å². The topological polar surface area (TPSA) is 64.1 Å². The molecule has 7 heteroatoms. The maximum absolute atomic E-state index is 12.7. The molecule has 4 rings (SSSR count). The summed E-state index contributed by atoms with van der Waals surface area (Å²) in [6, 6.07) is 11.3.